The molecule has 0 saturated carbocycles. The van der Waals surface area contributed by atoms with Gasteiger partial charge in [0, 0.05) is 38.4 Å². The molecule has 1 saturated heterocycles. The summed E-state index contributed by atoms with van der Waals surface area (Å²) in [6.07, 6.45) is 1.07. The summed E-state index contributed by atoms with van der Waals surface area (Å²) in [5.41, 5.74) is 2.11. The van der Waals surface area contributed by atoms with E-state index >= 15 is 0 Å². The molecule has 0 aromatic heterocycles. The van der Waals surface area contributed by atoms with E-state index in [1.54, 1.807) is 12.1 Å². The molecule has 24 heavy (non-hydrogen) atoms. The number of para-hydroxylation sites is 1. The Balaban J connectivity index is 1.37. The zero-order valence-corrected chi connectivity index (χ0v) is 14.5. The highest BCUT2D eigenvalue weighted by Crippen LogP contribution is 2.25. The second-order valence-electron chi connectivity index (χ2n) is 6.07. The van der Waals surface area contributed by atoms with Crippen LogP contribution in [0, 0.1) is 5.82 Å². The van der Waals surface area contributed by atoms with Gasteiger partial charge < -0.3 is 10.2 Å². The minimum absolute atomic E-state index is 0.197. The maximum absolute atomic E-state index is 12.9. The summed E-state index contributed by atoms with van der Waals surface area (Å²) in [5, 5.41) is 4.16. The van der Waals surface area contributed by atoms with Crippen molar-refractivity contribution >= 4 is 23.0 Å². The fourth-order valence-electron chi connectivity index (χ4n) is 3.02. The molecule has 128 valence electrons. The van der Waals surface area contributed by atoms with Gasteiger partial charge in [-0.15, -0.1) is 0 Å². The number of hydrogen-bond donors (Lipinski definition) is 1. The van der Waals surface area contributed by atoms with E-state index in [4.69, 9.17) is 11.6 Å². The lowest BCUT2D eigenvalue weighted by atomic mass is 10.2. The number of nitrogens with one attached hydrogen (secondary N) is 1. The van der Waals surface area contributed by atoms with E-state index in [0.717, 1.165) is 62.1 Å². The Morgan fingerprint density at radius 2 is 1.67 bits per heavy atom. The molecule has 3 nitrogen and oxygen atoms in total. The summed E-state index contributed by atoms with van der Waals surface area (Å²) < 4.78 is 12.9. The first-order valence-corrected chi connectivity index (χ1v) is 8.81. The minimum atomic E-state index is -0.197. The van der Waals surface area contributed by atoms with Crippen LogP contribution in [0.15, 0.2) is 48.5 Å². The second-order valence-corrected chi connectivity index (χ2v) is 6.47. The van der Waals surface area contributed by atoms with E-state index in [-0.39, 0.29) is 5.82 Å². The van der Waals surface area contributed by atoms with Crippen molar-refractivity contribution in [2.45, 2.75) is 6.42 Å². The summed E-state index contributed by atoms with van der Waals surface area (Å²) in [6.45, 7) is 6.11. The smallest absolute Gasteiger partial charge is 0.123 e. The average Bonchev–Trinajstić information content (AvgIpc) is 2.61. The molecule has 1 N–H and O–H groups in total. The lowest BCUT2D eigenvalue weighted by Crippen LogP contribution is -2.46. The fourth-order valence-corrected chi connectivity index (χ4v) is 3.28. The zero-order valence-electron chi connectivity index (χ0n) is 13.7. The van der Waals surface area contributed by atoms with Gasteiger partial charge in [0.1, 0.15) is 5.82 Å². The predicted octanol–water partition coefficient (Wildman–Crippen LogP) is 4.10. The number of anilines is 2. The number of halogens is 2. The SMILES string of the molecule is Fc1ccc(NCCCN2CCN(c3ccccc3Cl)CC2)cc1. The van der Waals surface area contributed by atoms with Gasteiger partial charge in [0.15, 0.2) is 0 Å². The van der Waals surface area contributed by atoms with Crippen molar-refractivity contribution in [1.29, 1.82) is 0 Å². The Hall–Kier alpha value is -1.78. The second kappa shape index (κ2) is 8.36. The van der Waals surface area contributed by atoms with Crippen LogP contribution in [-0.2, 0) is 0 Å². The van der Waals surface area contributed by atoms with E-state index < -0.39 is 0 Å². The molecule has 0 bridgehead atoms. The van der Waals surface area contributed by atoms with Gasteiger partial charge in [0.25, 0.3) is 0 Å². The molecule has 0 unspecified atom stereocenters. The van der Waals surface area contributed by atoms with Gasteiger partial charge >= 0.3 is 0 Å². The normalized spacial score (nSPS) is 15.5. The fraction of sp³-hybridized carbons (Fsp3) is 0.368. The minimum Gasteiger partial charge on any atom is -0.385 e. The third-order valence-corrected chi connectivity index (χ3v) is 4.71. The van der Waals surface area contributed by atoms with Crippen LogP contribution in [0.4, 0.5) is 15.8 Å². The Bertz CT molecular complexity index is 639. The van der Waals surface area contributed by atoms with Crippen LogP contribution in [0.25, 0.3) is 0 Å². The number of benzene rings is 2. The van der Waals surface area contributed by atoms with E-state index in [9.17, 15) is 4.39 Å². The van der Waals surface area contributed by atoms with Gasteiger partial charge in [0.2, 0.25) is 0 Å². The van der Waals surface area contributed by atoms with E-state index in [2.05, 4.69) is 21.2 Å². The van der Waals surface area contributed by atoms with Crippen LogP contribution in [0.3, 0.4) is 0 Å². The molecule has 0 atom stereocenters. The Morgan fingerprint density at radius 3 is 2.38 bits per heavy atom. The Kier molecular flexibility index (Phi) is 5.94. The lowest BCUT2D eigenvalue weighted by molar-refractivity contribution is 0.257. The molecule has 5 heteroatoms. The van der Waals surface area contributed by atoms with Gasteiger partial charge in [-0.05, 0) is 49.4 Å². The first kappa shape index (κ1) is 17.1. The molecule has 3 rings (SSSR count). The summed E-state index contributed by atoms with van der Waals surface area (Å²) in [6, 6.07) is 14.6. The van der Waals surface area contributed by atoms with E-state index in [0.29, 0.717) is 0 Å². The van der Waals surface area contributed by atoms with Gasteiger partial charge in [-0.2, -0.15) is 0 Å². The first-order valence-electron chi connectivity index (χ1n) is 8.43. The van der Waals surface area contributed by atoms with Gasteiger partial charge in [0.05, 0.1) is 10.7 Å². The third kappa shape index (κ3) is 4.62. The van der Waals surface area contributed by atoms with Crippen LogP contribution in [0.5, 0.6) is 0 Å². The van der Waals surface area contributed by atoms with Gasteiger partial charge in [-0.1, -0.05) is 23.7 Å². The summed E-state index contributed by atoms with van der Waals surface area (Å²) in [5.74, 6) is -0.197. The molecule has 0 spiro atoms. The molecule has 2 aromatic carbocycles. The molecule has 0 amide bonds. The van der Waals surface area contributed by atoms with Crippen molar-refractivity contribution in [2.24, 2.45) is 0 Å². The van der Waals surface area contributed by atoms with Crippen LogP contribution >= 0.6 is 11.6 Å². The van der Waals surface area contributed by atoms with Crippen molar-refractivity contribution in [3.05, 3.63) is 59.4 Å². The van der Waals surface area contributed by atoms with Crippen molar-refractivity contribution in [3.8, 4) is 0 Å². The molecule has 1 aliphatic heterocycles. The van der Waals surface area contributed by atoms with E-state index in [1.807, 2.05) is 18.2 Å². The molecule has 0 aliphatic carbocycles. The standard InChI is InChI=1S/C19H23ClFN3/c20-18-4-1-2-5-19(18)24-14-12-23(13-15-24)11-3-10-22-17-8-6-16(21)7-9-17/h1-2,4-9,22H,3,10-15H2. The quantitative estimate of drug-likeness (QED) is 0.793. The highest BCUT2D eigenvalue weighted by Gasteiger charge is 2.18. The summed E-state index contributed by atoms with van der Waals surface area (Å²) >= 11 is 6.28. The molecule has 1 fully saturated rings. The summed E-state index contributed by atoms with van der Waals surface area (Å²) in [4.78, 5) is 4.84. The van der Waals surface area contributed by atoms with E-state index in [1.165, 1.54) is 12.1 Å². The summed E-state index contributed by atoms with van der Waals surface area (Å²) in [7, 11) is 0. The maximum atomic E-state index is 12.9. The van der Waals surface area contributed by atoms with Crippen molar-refractivity contribution < 1.29 is 4.39 Å². The van der Waals surface area contributed by atoms with Crippen LogP contribution in [0.1, 0.15) is 6.42 Å². The number of hydrogen-bond acceptors (Lipinski definition) is 3. The average molecular weight is 348 g/mol. The predicted molar refractivity (Wildman–Crippen MR) is 99.6 cm³/mol. The first-order chi connectivity index (χ1) is 11.7. The van der Waals surface area contributed by atoms with Crippen molar-refractivity contribution in [1.82, 2.24) is 4.90 Å². The molecular formula is C19H23ClFN3. The lowest BCUT2D eigenvalue weighted by Gasteiger charge is -2.36. The third-order valence-electron chi connectivity index (χ3n) is 4.39. The number of piperazine rings is 1. The number of nitrogens with zero attached hydrogens (tertiary/aromatic N) is 2. The van der Waals surface area contributed by atoms with Crippen LogP contribution < -0.4 is 10.2 Å². The highest BCUT2D eigenvalue weighted by atomic mass is 35.5. The molecule has 1 heterocycles. The van der Waals surface area contributed by atoms with Crippen molar-refractivity contribution in [2.75, 3.05) is 49.5 Å². The molecule has 2 aromatic rings. The highest BCUT2D eigenvalue weighted by molar-refractivity contribution is 6.33. The van der Waals surface area contributed by atoms with Gasteiger partial charge in [-0.25, -0.2) is 4.39 Å². The molecule has 1 aliphatic rings. The Morgan fingerprint density at radius 1 is 0.958 bits per heavy atom. The maximum Gasteiger partial charge on any atom is 0.123 e. The molecule has 0 radical (unpaired) electrons. The Labute approximate surface area is 148 Å². The zero-order chi connectivity index (χ0) is 16.8. The largest absolute Gasteiger partial charge is 0.385 e. The monoisotopic (exact) mass is 347 g/mol. The van der Waals surface area contributed by atoms with Crippen LogP contribution in [-0.4, -0.2) is 44.2 Å². The van der Waals surface area contributed by atoms with Gasteiger partial charge in [-0.3, -0.25) is 4.90 Å². The topological polar surface area (TPSA) is 18.5 Å². The molecular weight excluding hydrogens is 325 g/mol. The number of rotatable bonds is 6. The van der Waals surface area contributed by atoms with Crippen molar-refractivity contribution in [3.63, 3.8) is 0 Å². The van der Waals surface area contributed by atoms with Crippen LogP contribution in [0.2, 0.25) is 5.02 Å².